The maximum Gasteiger partial charge on any atom is 0.162 e. The van der Waals surface area contributed by atoms with Gasteiger partial charge in [-0.1, -0.05) is 40.9 Å². The lowest BCUT2D eigenvalue weighted by Crippen LogP contribution is -2.35. The fourth-order valence-corrected chi connectivity index (χ4v) is 4.47. The molecule has 1 aromatic heterocycles. The van der Waals surface area contributed by atoms with Crippen molar-refractivity contribution >= 4 is 34.8 Å². The first kappa shape index (κ1) is 24.2. The zero-order chi connectivity index (χ0) is 23.2. The highest BCUT2D eigenvalue weighted by Crippen LogP contribution is 2.34. The standard InChI is InChI=1S/C24H25Cl3N2O4/c1-30-22-12-17(26)6-8-21(22)31-14-18-3-2-4-24(32-18)33-23(13-29-10-9-28-15-29)19-7-5-16(25)11-20(19)27/h5-12,15,18,23-24H,2-4,13-14H2,1H3. The Morgan fingerprint density at radius 3 is 2.67 bits per heavy atom. The molecular formula is C24H25Cl3N2O4. The van der Waals surface area contributed by atoms with Crippen LogP contribution in [-0.4, -0.2) is 35.7 Å². The smallest absolute Gasteiger partial charge is 0.162 e. The molecule has 1 saturated heterocycles. The van der Waals surface area contributed by atoms with Crippen molar-refractivity contribution in [1.29, 1.82) is 0 Å². The predicted octanol–water partition coefficient (Wildman–Crippen LogP) is 6.58. The van der Waals surface area contributed by atoms with Gasteiger partial charge in [0, 0.05) is 39.1 Å². The molecular weight excluding hydrogens is 487 g/mol. The van der Waals surface area contributed by atoms with E-state index in [1.54, 1.807) is 43.9 Å². The molecule has 1 fully saturated rings. The molecule has 4 rings (SSSR count). The highest BCUT2D eigenvalue weighted by Gasteiger charge is 2.28. The van der Waals surface area contributed by atoms with E-state index in [9.17, 15) is 0 Å². The minimum Gasteiger partial charge on any atom is -0.493 e. The average molecular weight is 512 g/mol. The van der Waals surface area contributed by atoms with Gasteiger partial charge in [-0.2, -0.15) is 0 Å². The Hall–Kier alpha value is -1.96. The molecule has 6 nitrogen and oxygen atoms in total. The van der Waals surface area contributed by atoms with Crippen LogP contribution in [0.1, 0.15) is 30.9 Å². The van der Waals surface area contributed by atoms with Crippen LogP contribution < -0.4 is 9.47 Å². The van der Waals surface area contributed by atoms with Crippen molar-refractivity contribution < 1.29 is 18.9 Å². The SMILES string of the molecule is COc1cc(Cl)ccc1OCC1CCCC(OC(Cn2ccnc2)c2ccc(Cl)cc2Cl)O1. The van der Waals surface area contributed by atoms with E-state index in [-0.39, 0.29) is 18.5 Å². The lowest BCUT2D eigenvalue weighted by Gasteiger charge is -2.33. The van der Waals surface area contributed by atoms with Crippen molar-refractivity contribution in [1.82, 2.24) is 9.55 Å². The Bertz CT molecular complexity index is 1050. The molecule has 3 atom stereocenters. The molecule has 0 saturated carbocycles. The Morgan fingerprint density at radius 2 is 1.91 bits per heavy atom. The summed E-state index contributed by atoms with van der Waals surface area (Å²) in [5.41, 5.74) is 0.850. The van der Waals surface area contributed by atoms with Crippen LogP contribution in [0.25, 0.3) is 0 Å². The largest absolute Gasteiger partial charge is 0.493 e. The normalized spacial score (nSPS) is 19.3. The van der Waals surface area contributed by atoms with E-state index in [1.165, 1.54) is 0 Å². The maximum atomic E-state index is 6.50. The molecule has 1 aliphatic heterocycles. The van der Waals surface area contributed by atoms with E-state index < -0.39 is 0 Å². The van der Waals surface area contributed by atoms with Crippen LogP contribution in [0.2, 0.25) is 15.1 Å². The summed E-state index contributed by atoms with van der Waals surface area (Å²) in [5.74, 6) is 1.21. The second kappa shape index (κ2) is 11.4. The first-order valence-corrected chi connectivity index (χ1v) is 11.8. The maximum absolute atomic E-state index is 6.50. The summed E-state index contributed by atoms with van der Waals surface area (Å²) in [5, 5.41) is 1.72. The summed E-state index contributed by atoms with van der Waals surface area (Å²) in [7, 11) is 1.59. The van der Waals surface area contributed by atoms with Crippen LogP contribution in [0.4, 0.5) is 0 Å². The lowest BCUT2D eigenvalue weighted by atomic mass is 10.1. The second-order valence-electron chi connectivity index (χ2n) is 7.77. The van der Waals surface area contributed by atoms with Gasteiger partial charge in [-0.15, -0.1) is 0 Å². The number of hydrogen-bond donors (Lipinski definition) is 0. The van der Waals surface area contributed by atoms with Gasteiger partial charge in [0.05, 0.1) is 26.1 Å². The Morgan fingerprint density at radius 1 is 1.09 bits per heavy atom. The van der Waals surface area contributed by atoms with Crippen LogP contribution in [-0.2, 0) is 16.0 Å². The van der Waals surface area contributed by atoms with Crippen molar-refractivity contribution in [2.75, 3.05) is 13.7 Å². The molecule has 0 N–H and O–H groups in total. The summed E-state index contributed by atoms with van der Waals surface area (Å²) in [6.45, 7) is 0.927. The van der Waals surface area contributed by atoms with E-state index in [2.05, 4.69) is 4.98 Å². The van der Waals surface area contributed by atoms with Gasteiger partial charge in [-0.05, 0) is 43.5 Å². The van der Waals surface area contributed by atoms with Crippen LogP contribution in [0.3, 0.4) is 0 Å². The molecule has 9 heteroatoms. The number of imidazole rings is 1. The van der Waals surface area contributed by atoms with Gasteiger partial charge in [-0.25, -0.2) is 4.98 Å². The quantitative estimate of drug-likeness (QED) is 0.325. The molecule has 3 unspecified atom stereocenters. The first-order chi connectivity index (χ1) is 16.0. The van der Waals surface area contributed by atoms with Crippen molar-refractivity contribution in [3.8, 4) is 11.5 Å². The zero-order valence-corrected chi connectivity index (χ0v) is 20.4. The third-order valence-electron chi connectivity index (χ3n) is 5.42. The van der Waals surface area contributed by atoms with E-state index in [4.69, 9.17) is 53.8 Å². The number of nitrogens with zero attached hydrogens (tertiary/aromatic N) is 2. The van der Waals surface area contributed by atoms with Crippen molar-refractivity contribution in [2.24, 2.45) is 0 Å². The molecule has 0 spiro atoms. The monoisotopic (exact) mass is 510 g/mol. The number of aromatic nitrogens is 2. The molecule has 2 heterocycles. The topological polar surface area (TPSA) is 54.7 Å². The minimum atomic E-state index is -0.389. The molecule has 2 aromatic carbocycles. The highest BCUT2D eigenvalue weighted by molar-refractivity contribution is 6.35. The molecule has 0 radical (unpaired) electrons. The summed E-state index contributed by atoms with van der Waals surface area (Å²) < 4.78 is 25.9. The summed E-state index contributed by atoms with van der Waals surface area (Å²) in [6, 6.07) is 10.7. The number of ether oxygens (including phenoxy) is 4. The van der Waals surface area contributed by atoms with Gasteiger partial charge >= 0.3 is 0 Å². The molecule has 0 aliphatic carbocycles. The number of halogens is 3. The van der Waals surface area contributed by atoms with Gasteiger partial charge < -0.3 is 23.5 Å². The Balaban J connectivity index is 1.42. The van der Waals surface area contributed by atoms with Crippen molar-refractivity contribution in [2.45, 2.75) is 44.3 Å². The van der Waals surface area contributed by atoms with Gasteiger partial charge in [-0.3, -0.25) is 0 Å². The van der Waals surface area contributed by atoms with E-state index >= 15 is 0 Å². The van der Waals surface area contributed by atoms with Crippen LogP contribution in [0, 0.1) is 0 Å². The number of rotatable bonds is 9. The van der Waals surface area contributed by atoms with Crippen LogP contribution >= 0.6 is 34.8 Å². The summed E-state index contributed by atoms with van der Waals surface area (Å²) in [4.78, 5) is 4.12. The van der Waals surface area contributed by atoms with E-state index in [1.807, 2.05) is 22.9 Å². The molecule has 33 heavy (non-hydrogen) atoms. The fraction of sp³-hybridized carbons (Fsp3) is 0.375. The van der Waals surface area contributed by atoms with Gasteiger partial charge in [0.2, 0.25) is 0 Å². The van der Waals surface area contributed by atoms with Gasteiger partial charge in [0.1, 0.15) is 12.7 Å². The van der Waals surface area contributed by atoms with Crippen LogP contribution in [0.5, 0.6) is 11.5 Å². The summed E-state index contributed by atoms with van der Waals surface area (Å²) >= 11 is 18.6. The highest BCUT2D eigenvalue weighted by atomic mass is 35.5. The average Bonchev–Trinajstić information content (AvgIpc) is 3.31. The summed E-state index contributed by atoms with van der Waals surface area (Å²) in [6.07, 6.45) is 7.16. The van der Waals surface area contributed by atoms with Gasteiger partial charge in [0.25, 0.3) is 0 Å². The van der Waals surface area contributed by atoms with E-state index in [0.717, 1.165) is 24.8 Å². The number of methoxy groups -OCH3 is 1. The molecule has 3 aromatic rings. The molecule has 176 valence electrons. The van der Waals surface area contributed by atoms with Crippen molar-refractivity contribution in [3.63, 3.8) is 0 Å². The lowest BCUT2D eigenvalue weighted by molar-refractivity contribution is -0.223. The first-order valence-electron chi connectivity index (χ1n) is 10.7. The predicted molar refractivity (Wildman–Crippen MR) is 129 cm³/mol. The third-order valence-corrected chi connectivity index (χ3v) is 6.22. The molecule has 0 amide bonds. The molecule has 1 aliphatic rings. The third kappa shape index (κ3) is 6.55. The second-order valence-corrected chi connectivity index (χ2v) is 9.05. The van der Waals surface area contributed by atoms with Gasteiger partial charge in [0.15, 0.2) is 17.8 Å². The van der Waals surface area contributed by atoms with E-state index in [0.29, 0.717) is 39.7 Å². The fourth-order valence-electron chi connectivity index (χ4n) is 3.78. The number of benzene rings is 2. The van der Waals surface area contributed by atoms with Crippen LogP contribution in [0.15, 0.2) is 55.1 Å². The van der Waals surface area contributed by atoms with Crippen molar-refractivity contribution in [3.05, 3.63) is 75.8 Å². The minimum absolute atomic E-state index is 0.112. The Kier molecular flexibility index (Phi) is 8.39. The zero-order valence-electron chi connectivity index (χ0n) is 18.1. The number of hydrogen-bond acceptors (Lipinski definition) is 5. The molecule has 0 bridgehead atoms. The Labute approximate surface area is 208 Å².